The Morgan fingerprint density at radius 1 is 0.783 bits per heavy atom. The van der Waals surface area contributed by atoms with E-state index in [0.717, 1.165) is 65.2 Å². The van der Waals surface area contributed by atoms with E-state index in [9.17, 15) is 4.79 Å². The number of aromatic nitrogens is 3. The maximum atomic E-state index is 13.2. The molecule has 4 aromatic carbocycles. The molecular weight excluding hydrogens is 759 g/mol. The SMILES string of the molecule is COCCOCCOc1ccc2oc(-c3ccc4cc(N(C)CC(=O)Nc5ccc(NCCN(CCc6ccccn6)Cc6ccccn6)c(OC)c5)ccc4c3)nc2c1. The van der Waals surface area contributed by atoms with Crippen molar-refractivity contribution in [2.75, 3.05) is 89.4 Å². The summed E-state index contributed by atoms with van der Waals surface area (Å²) >= 11 is 0. The predicted octanol–water partition coefficient (Wildman–Crippen LogP) is 7.72. The van der Waals surface area contributed by atoms with Gasteiger partial charge in [0.2, 0.25) is 11.8 Å². The molecule has 0 fully saturated rings. The summed E-state index contributed by atoms with van der Waals surface area (Å²) < 4.78 is 28.1. The lowest BCUT2D eigenvalue weighted by Crippen LogP contribution is -2.31. The molecular formula is C47H51N7O6. The van der Waals surface area contributed by atoms with Gasteiger partial charge in [0.25, 0.3) is 0 Å². The topological polar surface area (TPSA) is 136 Å². The fourth-order valence-electron chi connectivity index (χ4n) is 6.77. The first-order valence-electron chi connectivity index (χ1n) is 20.0. The van der Waals surface area contributed by atoms with E-state index in [1.54, 1.807) is 14.2 Å². The van der Waals surface area contributed by atoms with Gasteiger partial charge in [-0.1, -0.05) is 24.3 Å². The van der Waals surface area contributed by atoms with Gasteiger partial charge in [-0.15, -0.1) is 0 Å². The van der Waals surface area contributed by atoms with E-state index in [0.29, 0.717) is 67.1 Å². The van der Waals surface area contributed by atoms with Gasteiger partial charge in [-0.3, -0.25) is 19.7 Å². The monoisotopic (exact) mass is 809 g/mol. The molecule has 13 heteroatoms. The minimum atomic E-state index is -0.145. The zero-order valence-electron chi connectivity index (χ0n) is 34.3. The van der Waals surface area contributed by atoms with Crippen LogP contribution in [-0.2, 0) is 27.2 Å². The number of nitrogens with zero attached hydrogens (tertiary/aromatic N) is 5. The minimum absolute atomic E-state index is 0.145. The number of nitrogens with one attached hydrogen (secondary N) is 2. The van der Waals surface area contributed by atoms with E-state index in [2.05, 4.69) is 43.7 Å². The summed E-state index contributed by atoms with van der Waals surface area (Å²) in [5, 5.41) is 8.61. The molecule has 0 aliphatic rings. The number of fused-ring (bicyclic) bond motifs is 2. The second kappa shape index (κ2) is 20.9. The first-order chi connectivity index (χ1) is 29.4. The van der Waals surface area contributed by atoms with Crippen LogP contribution in [0.2, 0.25) is 0 Å². The van der Waals surface area contributed by atoms with Gasteiger partial charge in [-0.05, 0) is 83.6 Å². The third-order valence-electron chi connectivity index (χ3n) is 9.93. The zero-order chi connectivity index (χ0) is 41.5. The number of rotatable bonds is 22. The van der Waals surface area contributed by atoms with Crippen LogP contribution in [0.1, 0.15) is 11.4 Å². The summed E-state index contributed by atoms with van der Waals surface area (Å²) in [6.45, 7) is 5.20. The second-order valence-electron chi connectivity index (χ2n) is 14.3. The molecule has 0 unspecified atom stereocenters. The molecule has 1 amide bonds. The number of methoxy groups -OCH3 is 2. The highest BCUT2D eigenvalue weighted by atomic mass is 16.5. The average molecular weight is 810 g/mol. The zero-order valence-corrected chi connectivity index (χ0v) is 34.3. The van der Waals surface area contributed by atoms with Crippen molar-refractivity contribution in [1.29, 1.82) is 0 Å². The number of benzene rings is 4. The third-order valence-corrected chi connectivity index (χ3v) is 9.93. The standard InChI is InChI=1S/C47H51N7O6/c1-53(40-14-12-34-28-36(11-10-35(34)29-40)47-52-43-31-41(15-17-44(43)60-47)59-27-26-58-25-24-56-2)33-46(55)51-38-13-16-42(45(30-38)57-3)50-21-23-54(32-39-9-5-7-20-49-39)22-18-37-8-4-6-19-48-37/h4-17,19-20,28-31,50H,18,21-27,32-33H2,1-3H3,(H,51,55). The van der Waals surface area contributed by atoms with Crippen LogP contribution in [-0.4, -0.2) is 99.6 Å². The lowest BCUT2D eigenvalue weighted by atomic mass is 10.1. The Labute approximate surface area is 350 Å². The van der Waals surface area contributed by atoms with Crippen LogP contribution in [0.5, 0.6) is 11.5 Å². The number of carbonyl (C=O) groups is 1. The molecule has 3 aromatic heterocycles. The van der Waals surface area contributed by atoms with Crippen LogP contribution in [0.4, 0.5) is 17.1 Å². The summed E-state index contributed by atoms with van der Waals surface area (Å²) in [5.74, 6) is 1.73. The van der Waals surface area contributed by atoms with Crippen LogP contribution in [0.3, 0.4) is 0 Å². The van der Waals surface area contributed by atoms with Gasteiger partial charge < -0.3 is 38.9 Å². The number of anilines is 3. The van der Waals surface area contributed by atoms with Crippen LogP contribution < -0.4 is 25.0 Å². The maximum Gasteiger partial charge on any atom is 0.243 e. The van der Waals surface area contributed by atoms with Crippen LogP contribution in [0.25, 0.3) is 33.3 Å². The summed E-state index contributed by atoms with van der Waals surface area (Å²) in [5.41, 5.74) is 6.76. The van der Waals surface area contributed by atoms with Crippen molar-refractivity contribution in [1.82, 2.24) is 19.9 Å². The van der Waals surface area contributed by atoms with Crippen LogP contribution >= 0.6 is 0 Å². The highest BCUT2D eigenvalue weighted by molar-refractivity contribution is 5.95. The number of pyridine rings is 2. The van der Waals surface area contributed by atoms with Crippen molar-refractivity contribution in [2.45, 2.75) is 13.0 Å². The Balaban J connectivity index is 0.914. The number of amides is 1. The molecule has 13 nitrogen and oxygen atoms in total. The molecule has 310 valence electrons. The minimum Gasteiger partial charge on any atom is -0.495 e. The predicted molar refractivity (Wildman–Crippen MR) is 236 cm³/mol. The van der Waals surface area contributed by atoms with Gasteiger partial charge in [0.1, 0.15) is 23.6 Å². The highest BCUT2D eigenvalue weighted by Crippen LogP contribution is 2.31. The van der Waals surface area contributed by atoms with Crippen LogP contribution in [0, 0.1) is 0 Å². The molecule has 0 saturated heterocycles. The molecule has 0 saturated carbocycles. The molecule has 7 rings (SSSR count). The lowest BCUT2D eigenvalue weighted by Gasteiger charge is -2.23. The van der Waals surface area contributed by atoms with E-state index < -0.39 is 0 Å². The molecule has 0 radical (unpaired) electrons. The Bertz CT molecular complexity index is 2450. The van der Waals surface area contributed by atoms with Gasteiger partial charge in [0.15, 0.2) is 5.58 Å². The van der Waals surface area contributed by atoms with Crippen LogP contribution in [0.15, 0.2) is 126 Å². The number of ether oxygens (including phenoxy) is 4. The molecule has 60 heavy (non-hydrogen) atoms. The van der Waals surface area contributed by atoms with E-state index >= 15 is 0 Å². The van der Waals surface area contributed by atoms with Crippen molar-refractivity contribution in [3.8, 4) is 23.0 Å². The number of oxazole rings is 1. The van der Waals surface area contributed by atoms with Gasteiger partial charge in [0, 0.05) is 93.9 Å². The van der Waals surface area contributed by atoms with Crippen molar-refractivity contribution < 1.29 is 28.2 Å². The smallest absolute Gasteiger partial charge is 0.243 e. The normalized spacial score (nSPS) is 11.3. The van der Waals surface area contributed by atoms with Gasteiger partial charge in [-0.2, -0.15) is 0 Å². The molecule has 0 atom stereocenters. The fraction of sp³-hybridized carbons (Fsp3) is 0.277. The quantitative estimate of drug-likeness (QED) is 0.0649. The fourth-order valence-corrected chi connectivity index (χ4v) is 6.77. The van der Waals surface area contributed by atoms with Gasteiger partial charge >= 0.3 is 0 Å². The molecule has 0 bridgehead atoms. The number of likely N-dealkylation sites (N-methyl/N-ethyl adjacent to an activating group) is 1. The number of hydrogen-bond acceptors (Lipinski definition) is 12. The Morgan fingerprint density at radius 3 is 2.38 bits per heavy atom. The van der Waals surface area contributed by atoms with Crippen molar-refractivity contribution in [3.05, 3.63) is 133 Å². The number of carbonyl (C=O) groups excluding carboxylic acids is 1. The Kier molecular flexibility index (Phi) is 14.5. The van der Waals surface area contributed by atoms with E-state index in [1.165, 1.54) is 0 Å². The van der Waals surface area contributed by atoms with Crippen molar-refractivity contribution >= 4 is 44.8 Å². The van der Waals surface area contributed by atoms with Gasteiger partial charge in [-0.25, -0.2) is 4.98 Å². The first kappa shape index (κ1) is 41.6. The Morgan fingerprint density at radius 2 is 1.58 bits per heavy atom. The summed E-state index contributed by atoms with van der Waals surface area (Å²) in [6, 6.07) is 35.5. The van der Waals surface area contributed by atoms with E-state index in [-0.39, 0.29) is 12.5 Å². The molecule has 3 heterocycles. The Hall–Kier alpha value is -6.54. The average Bonchev–Trinajstić information content (AvgIpc) is 3.71. The second-order valence-corrected chi connectivity index (χ2v) is 14.3. The molecule has 7 aromatic rings. The van der Waals surface area contributed by atoms with Crippen molar-refractivity contribution in [3.63, 3.8) is 0 Å². The molecule has 0 spiro atoms. The summed E-state index contributed by atoms with van der Waals surface area (Å²) in [7, 11) is 5.18. The molecule has 0 aliphatic heterocycles. The summed E-state index contributed by atoms with van der Waals surface area (Å²) in [6.07, 6.45) is 4.50. The molecule has 2 N–H and O–H groups in total. The van der Waals surface area contributed by atoms with Gasteiger partial charge in [0.05, 0.1) is 44.9 Å². The highest BCUT2D eigenvalue weighted by Gasteiger charge is 2.14. The lowest BCUT2D eigenvalue weighted by molar-refractivity contribution is -0.114. The largest absolute Gasteiger partial charge is 0.495 e. The maximum absolute atomic E-state index is 13.2. The van der Waals surface area contributed by atoms with Crippen molar-refractivity contribution in [2.24, 2.45) is 0 Å². The summed E-state index contributed by atoms with van der Waals surface area (Å²) in [4.78, 5) is 31.3. The molecule has 0 aliphatic carbocycles. The number of hydrogen-bond donors (Lipinski definition) is 2. The third kappa shape index (κ3) is 11.6. The van der Waals surface area contributed by atoms with E-state index in [4.69, 9.17) is 28.3 Å². The first-order valence-corrected chi connectivity index (χ1v) is 20.0. The van der Waals surface area contributed by atoms with E-state index in [1.807, 2.05) is 115 Å².